The van der Waals surface area contributed by atoms with E-state index >= 15 is 0 Å². The van der Waals surface area contributed by atoms with Crippen molar-refractivity contribution in [1.29, 1.82) is 0 Å². The van der Waals surface area contributed by atoms with Gasteiger partial charge in [-0.3, -0.25) is 38.4 Å². The van der Waals surface area contributed by atoms with Crippen LogP contribution in [0.4, 0.5) is 0 Å². The van der Waals surface area contributed by atoms with Crippen molar-refractivity contribution in [3.63, 3.8) is 0 Å². The molecule has 4 amide bonds. The molecular formula is C88H112N8O16. The van der Waals surface area contributed by atoms with Crippen LogP contribution in [0, 0.1) is 0 Å². The third-order valence-corrected chi connectivity index (χ3v) is 19.8. The van der Waals surface area contributed by atoms with Crippen LogP contribution in [0.15, 0.2) is 141 Å². The molecule has 0 aliphatic heterocycles. The highest BCUT2D eigenvalue weighted by Crippen LogP contribution is 2.45. The molecule has 8 bridgehead atoms. The zero-order valence-corrected chi connectivity index (χ0v) is 67.0. The average Bonchev–Trinajstić information content (AvgIpc) is 0.761. The standard InChI is InChI=1S/C88H112N8O16/c1-85(2,3)65-45-57-41-59-47-66(86(4,5)6)49-61(78(59)110-38-18-14-30-90-74(102)54-94-34-22-26-70(98)82(94)106)43-63-51-68(88(10,11)12)52-64(80(63)112-40-20-16-32-92-76(104)56-96-36-24-28-72(100)84(96)108)44-62-50-67(87(7,8)9)48-60(79(62)111-39-19-15-31-91-75(103)55-95-35-23-27-71(99)83(95)107)42-58(46-65)77(57)109-37-17-13-29-89-73(101)53-93-33-21-25-69(97)81(93)105/h21-28,33-36,45-52,97-100H,13-20,29-32,37-44,53-56H2,1-12H3,(H,89,101)(H,90,102)(H,91,103)(H,92,104). The molecule has 0 radical (unpaired) electrons. The predicted octanol–water partition coefficient (Wildman–Crippen LogP) is 10.9. The van der Waals surface area contributed by atoms with Gasteiger partial charge in [0.15, 0.2) is 23.0 Å². The third-order valence-electron chi connectivity index (χ3n) is 19.8. The molecule has 0 saturated heterocycles. The zero-order chi connectivity index (χ0) is 81.2. The van der Waals surface area contributed by atoms with Gasteiger partial charge >= 0.3 is 0 Å². The lowest BCUT2D eigenvalue weighted by atomic mass is 9.79. The summed E-state index contributed by atoms with van der Waals surface area (Å²) in [6.45, 7) is 27.5. The quantitative estimate of drug-likeness (QED) is 0.0182. The third kappa shape index (κ3) is 23.5. The fourth-order valence-electron chi connectivity index (χ4n) is 13.3. The number of ether oxygens (including phenoxy) is 4. The van der Waals surface area contributed by atoms with Crippen LogP contribution >= 0.6 is 0 Å². The van der Waals surface area contributed by atoms with Crippen LogP contribution in [0.3, 0.4) is 0 Å². The van der Waals surface area contributed by atoms with E-state index in [1.807, 2.05) is 0 Å². The van der Waals surface area contributed by atoms with Gasteiger partial charge in [-0.05, 0) is 188 Å². The number of nitrogens with one attached hydrogen (secondary N) is 4. The van der Waals surface area contributed by atoms with Crippen molar-refractivity contribution in [2.45, 2.75) is 208 Å². The summed E-state index contributed by atoms with van der Waals surface area (Å²) in [5.74, 6) is -0.591. The molecule has 4 aromatic heterocycles. The molecule has 0 fully saturated rings. The number of carbonyl (C=O) groups excluding carboxylic acids is 4. The molecule has 8 N–H and O–H groups in total. The summed E-state index contributed by atoms with van der Waals surface area (Å²) in [5, 5.41) is 51.9. The number of amides is 4. The summed E-state index contributed by atoms with van der Waals surface area (Å²) >= 11 is 0. The van der Waals surface area contributed by atoms with Gasteiger partial charge in [0.25, 0.3) is 22.2 Å². The summed E-state index contributed by atoms with van der Waals surface area (Å²) in [6, 6.07) is 29.1. The number of hydrogen-bond acceptors (Lipinski definition) is 16. The fourth-order valence-corrected chi connectivity index (χ4v) is 13.3. The molecule has 112 heavy (non-hydrogen) atoms. The van der Waals surface area contributed by atoms with Crippen LogP contribution in [-0.2, 0) is 92.7 Å². The molecule has 8 aromatic rings. The predicted molar refractivity (Wildman–Crippen MR) is 432 cm³/mol. The number of pyridine rings is 4. The van der Waals surface area contributed by atoms with Crippen LogP contribution in [0.25, 0.3) is 0 Å². The van der Waals surface area contributed by atoms with E-state index in [1.54, 1.807) is 0 Å². The van der Waals surface area contributed by atoms with E-state index < -0.39 is 45.2 Å². The Morgan fingerprint density at radius 1 is 0.312 bits per heavy atom. The van der Waals surface area contributed by atoms with E-state index in [-0.39, 0.29) is 97.9 Å². The molecule has 1 aliphatic rings. The first-order valence-corrected chi connectivity index (χ1v) is 38.8. The number of unbranched alkanes of at least 4 members (excludes halogenated alkanes) is 4. The fraction of sp³-hybridized carbons (Fsp3) is 0.455. The number of fused-ring (bicyclic) bond motifs is 8. The number of nitrogens with zero attached hydrogens (tertiary/aromatic N) is 4. The smallest absolute Gasteiger partial charge is 0.293 e. The van der Waals surface area contributed by atoms with Crippen molar-refractivity contribution in [3.8, 4) is 46.0 Å². The minimum absolute atomic E-state index is 0.261. The number of benzene rings is 4. The topological polar surface area (TPSA) is 322 Å². The van der Waals surface area contributed by atoms with E-state index in [0.717, 1.165) is 85.0 Å². The Hall–Kier alpha value is -11.0. The molecule has 24 nitrogen and oxygen atoms in total. The molecule has 0 atom stereocenters. The lowest BCUT2D eigenvalue weighted by Gasteiger charge is -2.29. The van der Waals surface area contributed by atoms with Gasteiger partial charge in [0, 0.05) is 76.6 Å². The second-order valence-electron chi connectivity index (χ2n) is 33.1. The van der Waals surface area contributed by atoms with Gasteiger partial charge in [-0.15, -0.1) is 0 Å². The number of aromatic nitrogens is 4. The Morgan fingerprint density at radius 2 is 0.491 bits per heavy atom. The largest absolute Gasteiger partial charge is 0.503 e. The van der Waals surface area contributed by atoms with Crippen molar-refractivity contribution in [1.82, 2.24) is 39.5 Å². The van der Waals surface area contributed by atoms with Crippen LogP contribution in [0.1, 0.15) is 201 Å². The van der Waals surface area contributed by atoms with E-state index in [0.29, 0.717) is 126 Å². The zero-order valence-electron chi connectivity index (χ0n) is 67.0. The Bertz CT molecular complexity index is 4220. The molecular weight excluding hydrogens is 1430 g/mol. The second kappa shape index (κ2) is 37.8. The molecule has 4 heterocycles. The highest BCUT2D eigenvalue weighted by atomic mass is 16.5. The minimum atomic E-state index is -0.664. The maximum Gasteiger partial charge on any atom is 0.293 e. The van der Waals surface area contributed by atoms with Gasteiger partial charge in [-0.1, -0.05) is 132 Å². The molecule has 24 heteroatoms. The van der Waals surface area contributed by atoms with Gasteiger partial charge < -0.3 is 78.9 Å². The Kier molecular flexibility index (Phi) is 28.7. The van der Waals surface area contributed by atoms with E-state index in [4.69, 9.17) is 18.9 Å². The minimum Gasteiger partial charge on any atom is -0.503 e. The first-order valence-electron chi connectivity index (χ1n) is 38.8. The first-order chi connectivity index (χ1) is 53.0. The second-order valence-corrected chi connectivity index (χ2v) is 33.1. The van der Waals surface area contributed by atoms with Gasteiger partial charge in [0.1, 0.15) is 49.2 Å². The lowest BCUT2D eigenvalue weighted by Crippen LogP contribution is -2.32. The van der Waals surface area contributed by atoms with Crippen LogP contribution in [0.2, 0.25) is 0 Å². The van der Waals surface area contributed by atoms with Gasteiger partial charge in [0.05, 0.1) is 26.4 Å². The van der Waals surface area contributed by atoms with Crippen LogP contribution in [-0.4, -0.2) is 115 Å². The van der Waals surface area contributed by atoms with E-state index in [9.17, 15) is 58.8 Å². The Labute approximate surface area is 655 Å². The average molecular weight is 1540 g/mol. The summed E-state index contributed by atoms with van der Waals surface area (Å²) in [6.07, 6.45) is 11.5. The van der Waals surface area contributed by atoms with Crippen molar-refractivity contribution in [3.05, 3.63) is 230 Å². The van der Waals surface area contributed by atoms with Crippen molar-refractivity contribution in [2.24, 2.45) is 0 Å². The van der Waals surface area contributed by atoms with Crippen LogP contribution in [0.5, 0.6) is 46.0 Å². The molecule has 4 aromatic carbocycles. The SMILES string of the molecule is CC(C)(C)c1cc2c(OCCCCNC(=O)Cn3cccc(O)c3=O)c(c1)Cc1cc(C(C)(C)C)cc(c1OCCCCNC(=O)Cn1cccc(O)c1=O)Cc1cc(C(C)(C)C)cc(c1OCCCCNC(=O)Cn1cccc(O)c1=O)Cc1cc(C(C)(C)C)cc(c1OCCCCNC(=O)Cn1cccc(O)c1=O)C2. The molecule has 0 saturated carbocycles. The lowest BCUT2D eigenvalue weighted by molar-refractivity contribution is -0.122. The van der Waals surface area contributed by atoms with Crippen molar-refractivity contribution < 1.29 is 58.6 Å². The summed E-state index contributed by atoms with van der Waals surface area (Å²) in [4.78, 5) is 103. The molecule has 0 spiro atoms. The summed E-state index contributed by atoms with van der Waals surface area (Å²) in [7, 11) is 0. The number of aromatic hydroxyl groups is 4. The van der Waals surface area contributed by atoms with E-state index in [1.165, 1.54) is 73.3 Å². The number of hydrogen-bond donors (Lipinski definition) is 8. The number of carbonyl (C=O) groups is 4. The summed E-state index contributed by atoms with van der Waals surface area (Å²) in [5.41, 5.74) is 7.36. The van der Waals surface area contributed by atoms with Gasteiger partial charge in [-0.25, -0.2) is 0 Å². The molecule has 0 unspecified atom stereocenters. The molecule has 1 aliphatic carbocycles. The first kappa shape index (κ1) is 85.0. The van der Waals surface area contributed by atoms with Crippen molar-refractivity contribution >= 4 is 23.6 Å². The Morgan fingerprint density at radius 3 is 0.661 bits per heavy atom. The maximum atomic E-state index is 13.2. The van der Waals surface area contributed by atoms with Gasteiger partial charge in [-0.2, -0.15) is 0 Å². The maximum absolute atomic E-state index is 13.2. The normalized spacial score (nSPS) is 12.4. The van der Waals surface area contributed by atoms with Crippen LogP contribution < -0.4 is 62.5 Å². The van der Waals surface area contributed by atoms with E-state index in [2.05, 4.69) is 153 Å². The van der Waals surface area contributed by atoms with Gasteiger partial charge in [0.2, 0.25) is 23.6 Å². The van der Waals surface area contributed by atoms with Crippen molar-refractivity contribution in [2.75, 3.05) is 52.6 Å². The highest BCUT2D eigenvalue weighted by Gasteiger charge is 2.31. The molecule has 600 valence electrons. The highest BCUT2D eigenvalue weighted by molar-refractivity contribution is 5.77. The summed E-state index contributed by atoms with van der Waals surface area (Å²) < 4.78 is 33.7. The molecule has 9 rings (SSSR count). The Balaban J connectivity index is 1.16. The monoisotopic (exact) mass is 1540 g/mol. The number of rotatable bonds is 32.